The van der Waals surface area contributed by atoms with Crippen molar-refractivity contribution >= 4 is 29.9 Å². The Hall–Kier alpha value is -1.31. The van der Waals surface area contributed by atoms with Gasteiger partial charge in [0, 0.05) is 13.1 Å². The highest BCUT2D eigenvalue weighted by Crippen LogP contribution is 2.17. The number of hydrogen-bond acceptors (Lipinski definition) is 2. The minimum atomic E-state index is -0.376. The van der Waals surface area contributed by atoms with Crippen molar-refractivity contribution in [2.24, 2.45) is 4.99 Å². The predicted octanol–water partition coefficient (Wildman–Crippen LogP) is 2.69. The predicted molar refractivity (Wildman–Crippen MR) is 91.4 cm³/mol. The van der Waals surface area contributed by atoms with Gasteiger partial charge in [-0.05, 0) is 24.6 Å². The molecule has 0 radical (unpaired) electrons. The Balaban J connectivity index is 0.00000361. The number of rotatable bonds is 6. The molecule has 0 saturated heterocycles. The standard InChI is InChI=1S/C14H20FN3O.HI/c1-4-8-17-14(16-5-2)18-10-11-6-7-13(19-3)12(15)9-11;/h4,6-7,9H,1,5,8,10H2,2-3H3,(H2,16,17,18);1H. The van der Waals surface area contributed by atoms with Gasteiger partial charge in [0.1, 0.15) is 0 Å². The first kappa shape index (κ1) is 18.7. The molecule has 1 aromatic carbocycles. The van der Waals surface area contributed by atoms with Gasteiger partial charge in [0.15, 0.2) is 17.5 Å². The molecule has 4 nitrogen and oxygen atoms in total. The molecular weight excluding hydrogens is 372 g/mol. The number of hydrogen-bond donors (Lipinski definition) is 2. The van der Waals surface area contributed by atoms with E-state index in [1.165, 1.54) is 13.2 Å². The van der Waals surface area contributed by atoms with Crippen LogP contribution in [0.5, 0.6) is 5.75 Å². The molecule has 0 aromatic heterocycles. The topological polar surface area (TPSA) is 45.7 Å². The van der Waals surface area contributed by atoms with Gasteiger partial charge in [-0.1, -0.05) is 12.1 Å². The molecule has 0 saturated carbocycles. The van der Waals surface area contributed by atoms with E-state index in [9.17, 15) is 4.39 Å². The number of halogens is 2. The largest absolute Gasteiger partial charge is 0.494 e. The third-order valence-electron chi connectivity index (χ3n) is 2.39. The van der Waals surface area contributed by atoms with Gasteiger partial charge in [-0.25, -0.2) is 9.38 Å². The maximum absolute atomic E-state index is 13.5. The van der Waals surface area contributed by atoms with Crippen LogP contribution in [0.1, 0.15) is 12.5 Å². The highest BCUT2D eigenvalue weighted by Gasteiger charge is 2.03. The molecule has 0 amide bonds. The van der Waals surface area contributed by atoms with Crippen molar-refractivity contribution in [1.82, 2.24) is 10.6 Å². The molecule has 112 valence electrons. The Morgan fingerprint density at radius 3 is 2.75 bits per heavy atom. The lowest BCUT2D eigenvalue weighted by atomic mass is 10.2. The molecule has 6 heteroatoms. The molecular formula is C14H21FIN3O. The normalized spacial score (nSPS) is 10.4. The maximum atomic E-state index is 13.5. The Bertz CT molecular complexity index is 452. The summed E-state index contributed by atoms with van der Waals surface area (Å²) in [6.45, 7) is 7.41. The van der Waals surface area contributed by atoms with Crippen molar-refractivity contribution in [2.45, 2.75) is 13.5 Å². The van der Waals surface area contributed by atoms with E-state index in [-0.39, 0.29) is 35.5 Å². The summed E-state index contributed by atoms with van der Waals surface area (Å²) < 4.78 is 18.4. The summed E-state index contributed by atoms with van der Waals surface area (Å²) in [5.74, 6) is 0.544. The van der Waals surface area contributed by atoms with E-state index in [1.807, 2.05) is 6.92 Å². The Morgan fingerprint density at radius 2 is 2.20 bits per heavy atom. The summed E-state index contributed by atoms with van der Waals surface area (Å²) in [6, 6.07) is 4.83. The fourth-order valence-corrected chi connectivity index (χ4v) is 1.49. The molecule has 0 spiro atoms. The van der Waals surface area contributed by atoms with Crippen molar-refractivity contribution in [1.29, 1.82) is 0 Å². The van der Waals surface area contributed by atoms with Gasteiger partial charge in [-0.15, -0.1) is 30.6 Å². The zero-order valence-corrected chi connectivity index (χ0v) is 14.1. The van der Waals surface area contributed by atoms with Crippen molar-refractivity contribution in [3.63, 3.8) is 0 Å². The van der Waals surface area contributed by atoms with Crippen molar-refractivity contribution < 1.29 is 9.13 Å². The molecule has 0 aliphatic rings. The first-order valence-electron chi connectivity index (χ1n) is 6.16. The van der Waals surface area contributed by atoms with E-state index in [0.29, 0.717) is 19.0 Å². The molecule has 0 atom stereocenters. The number of nitrogens with one attached hydrogen (secondary N) is 2. The molecule has 0 aliphatic carbocycles. The third-order valence-corrected chi connectivity index (χ3v) is 2.39. The van der Waals surface area contributed by atoms with E-state index in [1.54, 1.807) is 18.2 Å². The van der Waals surface area contributed by atoms with Gasteiger partial charge in [-0.3, -0.25) is 0 Å². The van der Waals surface area contributed by atoms with Crippen LogP contribution < -0.4 is 15.4 Å². The minimum Gasteiger partial charge on any atom is -0.494 e. The molecule has 0 aliphatic heterocycles. The summed E-state index contributed by atoms with van der Waals surface area (Å²) in [6.07, 6.45) is 1.75. The molecule has 2 N–H and O–H groups in total. The first-order chi connectivity index (χ1) is 9.21. The van der Waals surface area contributed by atoms with Crippen molar-refractivity contribution in [3.05, 3.63) is 42.2 Å². The highest BCUT2D eigenvalue weighted by atomic mass is 127. The van der Waals surface area contributed by atoms with Gasteiger partial charge >= 0.3 is 0 Å². The van der Waals surface area contributed by atoms with E-state index < -0.39 is 0 Å². The molecule has 1 aromatic rings. The van der Waals surface area contributed by atoms with Crippen LogP contribution in [-0.2, 0) is 6.54 Å². The first-order valence-corrected chi connectivity index (χ1v) is 6.16. The second-order valence-electron chi connectivity index (χ2n) is 3.83. The highest BCUT2D eigenvalue weighted by molar-refractivity contribution is 14.0. The van der Waals surface area contributed by atoms with E-state index in [4.69, 9.17) is 4.74 Å². The fourth-order valence-electron chi connectivity index (χ4n) is 1.49. The summed E-state index contributed by atoms with van der Waals surface area (Å²) >= 11 is 0. The minimum absolute atomic E-state index is 0. The lowest BCUT2D eigenvalue weighted by Gasteiger charge is -2.09. The number of nitrogens with zero attached hydrogens (tertiary/aromatic N) is 1. The number of aliphatic imine (C=N–C) groups is 1. The molecule has 20 heavy (non-hydrogen) atoms. The van der Waals surface area contributed by atoms with Crippen LogP contribution in [0.3, 0.4) is 0 Å². The van der Waals surface area contributed by atoms with E-state index >= 15 is 0 Å². The molecule has 0 unspecified atom stereocenters. The van der Waals surface area contributed by atoms with Gasteiger partial charge < -0.3 is 15.4 Å². The SMILES string of the molecule is C=CCNC(=NCc1ccc(OC)c(F)c1)NCC.I. The lowest BCUT2D eigenvalue weighted by molar-refractivity contribution is 0.386. The molecule has 1 rings (SSSR count). The van der Waals surface area contributed by atoms with Crippen LogP contribution in [0.25, 0.3) is 0 Å². The van der Waals surface area contributed by atoms with E-state index in [2.05, 4.69) is 22.2 Å². The Kier molecular flexibility index (Phi) is 9.79. The van der Waals surface area contributed by atoms with Crippen molar-refractivity contribution in [3.8, 4) is 5.75 Å². The van der Waals surface area contributed by atoms with Gasteiger partial charge in [0.05, 0.1) is 13.7 Å². The van der Waals surface area contributed by atoms with Crippen molar-refractivity contribution in [2.75, 3.05) is 20.2 Å². The number of guanidine groups is 1. The second-order valence-corrected chi connectivity index (χ2v) is 3.83. The third kappa shape index (κ3) is 6.23. The van der Waals surface area contributed by atoms with Crippen LogP contribution in [0, 0.1) is 5.82 Å². The smallest absolute Gasteiger partial charge is 0.191 e. The number of ether oxygens (including phenoxy) is 1. The number of methoxy groups -OCH3 is 1. The van der Waals surface area contributed by atoms with Crippen LogP contribution in [0.15, 0.2) is 35.8 Å². The molecule has 0 heterocycles. The molecule has 0 bridgehead atoms. The summed E-state index contributed by atoms with van der Waals surface area (Å²) in [7, 11) is 1.44. The van der Waals surface area contributed by atoms with Gasteiger partial charge in [0.2, 0.25) is 0 Å². The van der Waals surface area contributed by atoms with Crippen LogP contribution in [0.4, 0.5) is 4.39 Å². The molecule has 0 fully saturated rings. The summed E-state index contributed by atoms with van der Waals surface area (Å²) in [4.78, 5) is 4.36. The second kappa shape index (κ2) is 10.5. The van der Waals surface area contributed by atoms with Crippen LogP contribution in [0.2, 0.25) is 0 Å². The Morgan fingerprint density at radius 1 is 1.45 bits per heavy atom. The summed E-state index contributed by atoms with van der Waals surface area (Å²) in [5.41, 5.74) is 0.786. The summed E-state index contributed by atoms with van der Waals surface area (Å²) in [5, 5.41) is 6.18. The Labute approximate surface area is 136 Å². The van der Waals surface area contributed by atoms with Crippen LogP contribution >= 0.6 is 24.0 Å². The van der Waals surface area contributed by atoms with Gasteiger partial charge in [-0.2, -0.15) is 0 Å². The number of benzene rings is 1. The maximum Gasteiger partial charge on any atom is 0.191 e. The zero-order valence-electron chi connectivity index (χ0n) is 11.8. The van der Waals surface area contributed by atoms with Gasteiger partial charge in [0.25, 0.3) is 0 Å². The quantitative estimate of drug-likeness (QED) is 0.338. The fraction of sp³-hybridized carbons (Fsp3) is 0.357. The van der Waals surface area contributed by atoms with E-state index in [0.717, 1.165) is 12.1 Å². The average Bonchev–Trinajstić information content (AvgIpc) is 2.42. The van der Waals surface area contributed by atoms with Crippen LogP contribution in [-0.4, -0.2) is 26.2 Å². The lowest BCUT2D eigenvalue weighted by Crippen LogP contribution is -2.37. The monoisotopic (exact) mass is 393 g/mol. The average molecular weight is 393 g/mol. The zero-order chi connectivity index (χ0) is 14.1.